The normalized spacial score (nSPS) is 15.9. The molecule has 2 aromatic carbocycles. The molecule has 0 aliphatic heterocycles. The summed E-state index contributed by atoms with van der Waals surface area (Å²) in [6, 6.07) is 16.4. The van der Waals surface area contributed by atoms with Crippen molar-refractivity contribution in [3.05, 3.63) is 59.7 Å². The van der Waals surface area contributed by atoms with Gasteiger partial charge in [0.25, 0.3) is 0 Å². The summed E-state index contributed by atoms with van der Waals surface area (Å²) in [6.07, 6.45) is 4.11. The fourth-order valence-electron chi connectivity index (χ4n) is 5.12. The van der Waals surface area contributed by atoms with Crippen molar-refractivity contribution >= 4 is 18.0 Å². The molecule has 7 nitrogen and oxygen atoms in total. The highest BCUT2D eigenvalue weighted by Crippen LogP contribution is 2.44. The Balaban J connectivity index is 1.14. The predicted molar refractivity (Wildman–Crippen MR) is 128 cm³/mol. The van der Waals surface area contributed by atoms with E-state index in [0.717, 1.165) is 12.8 Å². The van der Waals surface area contributed by atoms with Gasteiger partial charge in [-0.2, -0.15) is 0 Å². The number of unbranched alkanes of at least 4 members (excludes halogenated alkanes) is 1. The molecule has 3 N–H and O–H groups in total. The third-order valence-electron chi connectivity index (χ3n) is 7.08. The second-order valence-electron chi connectivity index (χ2n) is 9.28. The summed E-state index contributed by atoms with van der Waals surface area (Å²) in [5.74, 6) is -0.943. The number of carbonyl (C=O) groups is 3. The molecule has 1 saturated carbocycles. The third kappa shape index (κ3) is 5.24. The van der Waals surface area contributed by atoms with Crippen LogP contribution >= 0.6 is 0 Å². The molecule has 0 saturated heterocycles. The summed E-state index contributed by atoms with van der Waals surface area (Å²) in [7, 11) is 0. The lowest BCUT2D eigenvalue weighted by atomic mass is 9.86. The Morgan fingerprint density at radius 1 is 0.912 bits per heavy atom. The highest BCUT2D eigenvalue weighted by atomic mass is 16.5. The SMILES string of the molecule is O=C(CCCCNC(=O)OCC1c2ccccc2-c2ccccc21)NCC1(C(=O)O)CCCC1. The van der Waals surface area contributed by atoms with Gasteiger partial charge < -0.3 is 20.5 Å². The molecular weight excluding hydrogens is 432 g/mol. The number of carboxylic acid groups (broad SMARTS) is 1. The van der Waals surface area contributed by atoms with E-state index in [1.807, 2.05) is 24.3 Å². The Bertz CT molecular complexity index is 999. The van der Waals surface area contributed by atoms with Gasteiger partial charge >= 0.3 is 12.1 Å². The average Bonchev–Trinajstić information content (AvgIpc) is 3.45. The molecule has 0 radical (unpaired) electrons. The van der Waals surface area contributed by atoms with Crippen molar-refractivity contribution in [1.82, 2.24) is 10.6 Å². The number of benzene rings is 2. The summed E-state index contributed by atoms with van der Waals surface area (Å²) < 4.78 is 5.51. The summed E-state index contributed by atoms with van der Waals surface area (Å²) >= 11 is 0. The molecule has 2 aliphatic carbocycles. The Morgan fingerprint density at radius 2 is 1.53 bits per heavy atom. The standard InChI is InChI=1S/C27H32N2O5/c30-24(29-18-27(25(31)32)14-6-7-15-27)13-5-8-16-28-26(33)34-17-23-21-11-3-1-9-19(21)20-10-2-4-12-22(20)23/h1-4,9-12,23H,5-8,13-18H2,(H,28,33)(H,29,30)(H,31,32). The third-order valence-corrected chi connectivity index (χ3v) is 7.08. The number of hydrogen-bond donors (Lipinski definition) is 3. The quantitative estimate of drug-likeness (QED) is 0.451. The fourth-order valence-corrected chi connectivity index (χ4v) is 5.12. The number of amides is 2. The minimum atomic E-state index is -0.822. The Labute approximate surface area is 199 Å². The molecule has 1 fully saturated rings. The fraction of sp³-hybridized carbons (Fsp3) is 0.444. The number of carbonyl (C=O) groups excluding carboxylic acids is 2. The number of rotatable bonds is 10. The minimum absolute atomic E-state index is 0.0239. The second kappa shape index (κ2) is 10.7. The van der Waals surface area contributed by atoms with E-state index in [1.165, 1.54) is 22.3 Å². The van der Waals surface area contributed by atoms with Gasteiger partial charge in [0.1, 0.15) is 6.61 Å². The van der Waals surface area contributed by atoms with Gasteiger partial charge in [-0.3, -0.25) is 9.59 Å². The highest BCUT2D eigenvalue weighted by Gasteiger charge is 2.41. The molecule has 2 amide bonds. The summed E-state index contributed by atoms with van der Waals surface area (Å²) in [4.78, 5) is 35.9. The van der Waals surface area contributed by atoms with Crippen LogP contribution in [0.3, 0.4) is 0 Å². The smallest absolute Gasteiger partial charge is 0.407 e. The second-order valence-corrected chi connectivity index (χ2v) is 9.28. The lowest BCUT2D eigenvalue weighted by Gasteiger charge is -2.23. The van der Waals surface area contributed by atoms with E-state index >= 15 is 0 Å². The molecule has 2 aliphatic rings. The molecule has 0 bridgehead atoms. The van der Waals surface area contributed by atoms with E-state index in [9.17, 15) is 19.5 Å². The van der Waals surface area contributed by atoms with Gasteiger partial charge in [-0.05, 0) is 47.9 Å². The molecule has 34 heavy (non-hydrogen) atoms. The molecule has 0 heterocycles. The molecule has 4 rings (SSSR count). The number of alkyl carbamates (subject to hydrolysis) is 1. The van der Waals surface area contributed by atoms with Gasteiger partial charge in [-0.1, -0.05) is 61.4 Å². The van der Waals surface area contributed by atoms with Crippen LogP contribution in [-0.4, -0.2) is 42.8 Å². The zero-order chi connectivity index (χ0) is 24.0. The van der Waals surface area contributed by atoms with Crippen molar-refractivity contribution in [1.29, 1.82) is 0 Å². The maximum atomic E-state index is 12.2. The van der Waals surface area contributed by atoms with Gasteiger partial charge in [0, 0.05) is 25.4 Å². The topological polar surface area (TPSA) is 105 Å². The first-order chi connectivity index (χ1) is 16.5. The minimum Gasteiger partial charge on any atom is -0.481 e. The van der Waals surface area contributed by atoms with Crippen molar-refractivity contribution in [2.75, 3.05) is 19.7 Å². The van der Waals surface area contributed by atoms with Crippen LogP contribution in [0, 0.1) is 5.41 Å². The molecule has 2 aromatic rings. The molecule has 0 spiro atoms. The number of hydrogen-bond acceptors (Lipinski definition) is 4. The zero-order valence-corrected chi connectivity index (χ0v) is 19.3. The van der Waals surface area contributed by atoms with E-state index in [-0.39, 0.29) is 25.0 Å². The van der Waals surface area contributed by atoms with Crippen LogP contribution in [0.4, 0.5) is 4.79 Å². The molecule has 180 valence electrons. The van der Waals surface area contributed by atoms with E-state index < -0.39 is 17.5 Å². The van der Waals surface area contributed by atoms with Crippen LogP contribution in [0.15, 0.2) is 48.5 Å². The first kappa shape index (κ1) is 23.8. The first-order valence-corrected chi connectivity index (χ1v) is 12.1. The average molecular weight is 465 g/mol. The molecular formula is C27H32N2O5. The van der Waals surface area contributed by atoms with E-state index in [1.54, 1.807) is 0 Å². The van der Waals surface area contributed by atoms with Crippen molar-refractivity contribution in [3.63, 3.8) is 0 Å². The van der Waals surface area contributed by atoms with Gasteiger partial charge in [-0.15, -0.1) is 0 Å². The van der Waals surface area contributed by atoms with Crippen molar-refractivity contribution in [2.24, 2.45) is 5.41 Å². The Kier molecular flexibility index (Phi) is 7.50. The van der Waals surface area contributed by atoms with Crippen LogP contribution in [0.5, 0.6) is 0 Å². The lowest BCUT2D eigenvalue weighted by Crippen LogP contribution is -2.41. The van der Waals surface area contributed by atoms with E-state index in [0.29, 0.717) is 38.6 Å². The van der Waals surface area contributed by atoms with Crippen LogP contribution in [0.2, 0.25) is 0 Å². The zero-order valence-electron chi connectivity index (χ0n) is 19.3. The Hall–Kier alpha value is -3.35. The summed E-state index contributed by atoms with van der Waals surface area (Å²) in [5, 5.41) is 15.0. The first-order valence-electron chi connectivity index (χ1n) is 12.1. The molecule has 0 aromatic heterocycles. The van der Waals surface area contributed by atoms with Crippen molar-refractivity contribution in [2.45, 2.75) is 50.9 Å². The van der Waals surface area contributed by atoms with Crippen LogP contribution < -0.4 is 10.6 Å². The maximum absolute atomic E-state index is 12.2. The van der Waals surface area contributed by atoms with Crippen molar-refractivity contribution in [3.8, 4) is 11.1 Å². The van der Waals surface area contributed by atoms with Crippen molar-refractivity contribution < 1.29 is 24.2 Å². The highest BCUT2D eigenvalue weighted by molar-refractivity contribution is 5.80. The lowest BCUT2D eigenvalue weighted by molar-refractivity contribution is -0.148. The van der Waals surface area contributed by atoms with Gasteiger partial charge in [0.2, 0.25) is 5.91 Å². The largest absolute Gasteiger partial charge is 0.481 e. The molecule has 7 heteroatoms. The summed E-state index contributed by atoms with van der Waals surface area (Å²) in [6.45, 7) is 0.885. The van der Waals surface area contributed by atoms with Crippen LogP contribution in [0.25, 0.3) is 11.1 Å². The number of carboxylic acids is 1. The van der Waals surface area contributed by atoms with Gasteiger partial charge in [0.15, 0.2) is 0 Å². The predicted octanol–water partition coefficient (Wildman–Crippen LogP) is 4.46. The summed E-state index contributed by atoms with van der Waals surface area (Å²) in [5.41, 5.74) is 3.91. The monoisotopic (exact) mass is 464 g/mol. The van der Waals surface area contributed by atoms with Gasteiger partial charge in [0.05, 0.1) is 5.41 Å². The number of aliphatic carboxylic acids is 1. The van der Waals surface area contributed by atoms with Gasteiger partial charge in [-0.25, -0.2) is 4.79 Å². The maximum Gasteiger partial charge on any atom is 0.407 e. The number of fused-ring (bicyclic) bond motifs is 3. The van der Waals surface area contributed by atoms with Crippen LogP contribution in [0.1, 0.15) is 62.0 Å². The number of nitrogens with one attached hydrogen (secondary N) is 2. The van der Waals surface area contributed by atoms with E-state index in [2.05, 4.69) is 34.9 Å². The van der Waals surface area contributed by atoms with E-state index in [4.69, 9.17) is 4.74 Å². The molecule has 0 atom stereocenters. The Morgan fingerprint density at radius 3 is 2.15 bits per heavy atom. The molecule has 0 unspecified atom stereocenters. The van der Waals surface area contributed by atoms with Crippen LogP contribution in [-0.2, 0) is 14.3 Å². The number of ether oxygens (including phenoxy) is 1.